The fourth-order valence-corrected chi connectivity index (χ4v) is 4.64. The van der Waals surface area contributed by atoms with E-state index in [4.69, 9.17) is 9.79 Å². The highest BCUT2D eigenvalue weighted by Crippen LogP contribution is 2.46. The Morgan fingerprint density at radius 2 is 0.714 bits per heavy atom. The molecule has 0 atom stereocenters. The molecule has 4 N–H and O–H groups in total. The molecule has 2 aromatic carbocycles. The van der Waals surface area contributed by atoms with E-state index in [0.29, 0.717) is 0 Å². The highest BCUT2D eigenvalue weighted by Gasteiger charge is 2.43. The predicted molar refractivity (Wildman–Crippen MR) is 74.9 cm³/mol. The Hall–Kier alpha value is -1.82. The van der Waals surface area contributed by atoms with Crippen LogP contribution in [0.2, 0.25) is 0 Å². The SMILES string of the molecule is O=P(O)(O)c1c(F)c(F)c(F)c(-c2c(F)c(F)c(F)c(F)c2F)c1P(=O)(O)O. The van der Waals surface area contributed by atoms with E-state index in [1.54, 1.807) is 0 Å². The molecule has 0 aromatic heterocycles. The second kappa shape index (κ2) is 6.90. The second-order valence-corrected chi connectivity index (χ2v) is 8.12. The number of halogens is 8. The van der Waals surface area contributed by atoms with Gasteiger partial charge in [-0.1, -0.05) is 0 Å². The Balaban J connectivity index is 3.32. The topological polar surface area (TPSA) is 115 Å². The van der Waals surface area contributed by atoms with Crippen molar-refractivity contribution < 1.29 is 63.8 Å². The maximum atomic E-state index is 14.1. The number of hydrogen-bond donors (Lipinski definition) is 4. The van der Waals surface area contributed by atoms with Crippen molar-refractivity contribution in [2.75, 3.05) is 0 Å². The van der Waals surface area contributed by atoms with E-state index in [2.05, 4.69) is 0 Å². The normalized spacial score (nSPS) is 12.6. The van der Waals surface area contributed by atoms with Crippen LogP contribution in [-0.2, 0) is 9.13 Å². The molecule has 6 nitrogen and oxygen atoms in total. The van der Waals surface area contributed by atoms with Crippen LogP contribution in [-0.4, -0.2) is 19.6 Å². The molecule has 0 aliphatic rings. The fraction of sp³-hybridized carbons (Fsp3) is 0. The monoisotopic (exact) mass is 458 g/mol. The minimum atomic E-state index is -6.32. The summed E-state index contributed by atoms with van der Waals surface area (Å²) < 4.78 is 132. The zero-order valence-electron chi connectivity index (χ0n) is 12.5. The molecule has 0 radical (unpaired) electrons. The minimum Gasteiger partial charge on any atom is -0.321 e. The highest BCUT2D eigenvalue weighted by atomic mass is 31.2. The zero-order valence-corrected chi connectivity index (χ0v) is 14.3. The first-order valence-corrected chi connectivity index (χ1v) is 9.60. The molecule has 2 aromatic rings. The molecule has 0 heterocycles. The number of rotatable bonds is 3. The van der Waals surface area contributed by atoms with E-state index in [1.165, 1.54) is 0 Å². The van der Waals surface area contributed by atoms with Crippen LogP contribution in [0.5, 0.6) is 0 Å². The summed E-state index contributed by atoms with van der Waals surface area (Å²) in [6.07, 6.45) is 0. The van der Waals surface area contributed by atoms with Gasteiger partial charge in [-0.05, 0) is 0 Å². The molecule has 0 bridgehead atoms. The van der Waals surface area contributed by atoms with E-state index < -0.39 is 83.5 Å². The maximum Gasteiger partial charge on any atom is 0.360 e. The number of benzene rings is 2. The van der Waals surface area contributed by atoms with Gasteiger partial charge >= 0.3 is 15.2 Å². The minimum absolute atomic E-state index is 2.45. The standard InChI is InChI=1S/C12H4F8O6P2/c13-3-1(4(14)7(17)9(19)6(3)16)2-5(15)8(18)10(20)12(28(24,25)26)11(2)27(21,22)23/h(H2,21,22,23)(H2,24,25,26). The first-order chi connectivity index (χ1) is 12.5. The molecule has 16 heteroatoms. The lowest BCUT2D eigenvalue weighted by molar-refractivity contribution is 0.375. The number of hydrogen-bond acceptors (Lipinski definition) is 2. The van der Waals surface area contributed by atoms with E-state index in [0.717, 1.165) is 0 Å². The summed E-state index contributed by atoms with van der Waals surface area (Å²) in [5, 5.41) is -5.00. The molecule has 0 saturated carbocycles. The molecule has 0 spiro atoms. The summed E-state index contributed by atoms with van der Waals surface area (Å²) in [5.74, 6) is -22.7. The predicted octanol–water partition coefficient (Wildman–Crippen LogP) is 2.07. The van der Waals surface area contributed by atoms with Crippen molar-refractivity contribution in [3.05, 3.63) is 46.5 Å². The summed E-state index contributed by atoms with van der Waals surface area (Å²) in [7, 11) is -12.5. The molecule has 28 heavy (non-hydrogen) atoms. The van der Waals surface area contributed by atoms with Crippen LogP contribution in [0.4, 0.5) is 35.1 Å². The molecule has 154 valence electrons. The molecule has 0 fully saturated rings. The van der Waals surface area contributed by atoms with Crippen LogP contribution < -0.4 is 10.6 Å². The molecule has 0 aliphatic heterocycles. The van der Waals surface area contributed by atoms with E-state index in [-0.39, 0.29) is 0 Å². The Bertz CT molecular complexity index is 1080. The van der Waals surface area contributed by atoms with Gasteiger partial charge in [-0.3, -0.25) is 9.13 Å². The van der Waals surface area contributed by atoms with Gasteiger partial charge in [0.2, 0.25) is 5.82 Å². The lowest BCUT2D eigenvalue weighted by Crippen LogP contribution is -2.33. The Morgan fingerprint density at radius 3 is 1.07 bits per heavy atom. The molecule has 0 saturated heterocycles. The largest absolute Gasteiger partial charge is 0.360 e. The zero-order chi connectivity index (χ0) is 21.9. The van der Waals surface area contributed by atoms with Crippen LogP contribution in [0.15, 0.2) is 0 Å². The average Bonchev–Trinajstić information content (AvgIpc) is 2.55. The van der Waals surface area contributed by atoms with Crippen LogP contribution >= 0.6 is 15.2 Å². The summed E-state index contributed by atoms with van der Waals surface area (Å²) in [5.41, 5.74) is -4.92. The summed E-state index contributed by atoms with van der Waals surface area (Å²) in [4.78, 5) is 36.5. The van der Waals surface area contributed by atoms with Crippen LogP contribution in [0.1, 0.15) is 0 Å². The van der Waals surface area contributed by atoms with Crippen LogP contribution in [0.25, 0.3) is 11.1 Å². The van der Waals surface area contributed by atoms with Gasteiger partial charge in [-0.15, -0.1) is 0 Å². The van der Waals surface area contributed by atoms with Crippen molar-refractivity contribution in [2.24, 2.45) is 0 Å². The van der Waals surface area contributed by atoms with Crippen LogP contribution in [0, 0.1) is 46.5 Å². The molecule has 0 unspecified atom stereocenters. The second-order valence-electron chi connectivity index (χ2n) is 5.05. The van der Waals surface area contributed by atoms with Crippen molar-refractivity contribution in [3.63, 3.8) is 0 Å². The van der Waals surface area contributed by atoms with E-state index in [9.17, 15) is 54.0 Å². The lowest BCUT2D eigenvalue weighted by Gasteiger charge is -2.20. The third-order valence-electron chi connectivity index (χ3n) is 3.32. The van der Waals surface area contributed by atoms with Crippen LogP contribution in [0.3, 0.4) is 0 Å². The fourth-order valence-electron chi connectivity index (χ4n) is 2.24. The van der Waals surface area contributed by atoms with Gasteiger partial charge in [0.15, 0.2) is 40.7 Å². The molecule has 0 aliphatic carbocycles. The van der Waals surface area contributed by atoms with Gasteiger partial charge in [-0.2, -0.15) is 0 Å². The molecule has 0 amide bonds. The van der Waals surface area contributed by atoms with Crippen molar-refractivity contribution in [1.29, 1.82) is 0 Å². The van der Waals surface area contributed by atoms with Crippen molar-refractivity contribution in [3.8, 4) is 11.1 Å². The summed E-state index contributed by atoms with van der Waals surface area (Å²) in [6, 6.07) is 0. The summed E-state index contributed by atoms with van der Waals surface area (Å²) >= 11 is 0. The van der Waals surface area contributed by atoms with Gasteiger partial charge < -0.3 is 19.6 Å². The third kappa shape index (κ3) is 3.36. The van der Waals surface area contributed by atoms with Gasteiger partial charge in [0.25, 0.3) is 0 Å². The molecular weight excluding hydrogens is 454 g/mol. The Labute approximate surface area is 148 Å². The lowest BCUT2D eigenvalue weighted by atomic mass is 10.0. The Kier molecular flexibility index (Phi) is 5.54. The van der Waals surface area contributed by atoms with Gasteiger partial charge in [0.1, 0.15) is 5.30 Å². The van der Waals surface area contributed by atoms with Crippen molar-refractivity contribution in [1.82, 2.24) is 0 Å². The van der Waals surface area contributed by atoms with E-state index >= 15 is 0 Å². The molecular formula is C12H4F8O6P2. The quantitative estimate of drug-likeness (QED) is 0.243. The first kappa shape index (κ1) is 22.5. The van der Waals surface area contributed by atoms with Gasteiger partial charge in [0.05, 0.1) is 10.9 Å². The third-order valence-corrected chi connectivity index (χ3v) is 5.52. The maximum absolute atomic E-state index is 14.1. The smallest absolute Gasteiger partial charge is 0.321 e. The van der Waals surface area contributed by atoms with Crippen molar-refractivity contribution in [2.45, 2.75) is 0 Å². The van der Waals surface area contributed by atoms with Gasteiger partial charge in [-0.25, -0.2) is 35.1 Å². The summed E-state index contributed by atoms with van der Waals surface area (Å²) in [6.45, 7) is 0. The van der Waals surface area contributed by atoms with E-state index in [1.807, 2.05) is 0 Å². The van der Waals surface area contributed by atoms with Gasteiger partial charge in [0, 0.05) is 5.56 Å². The highest BCUT2D eigenvalue weighted by molar-refractivity contribution is 7.67. The molecule has 2 rings (SSSR count). The first-order valence-electron chi connectivity index (χ1n) is 6.37. The van der Waals surface area contributed by atoms with Crippen molar-refractivity contribution >= 4 is 25.8 Å². The Morgan fingerprint density at radius 1 is 0.429 bits per heavy atom. The average molecular weight is 458 g/mol.